The van der Waals surface area contributed by atoms with Gasteiger partial charge in [0.05, 0.1) is 19.8 Å². The largest absolute Gasteiger partial charge is 0.481 e. The first kappa shape index (κ1) is 17.7. The molecule has 0 fully saturated rings. The van der Waals surface area contributed by atoms with E-state index in [9.17, 15) is 15.0 Å². The maximum Gasteiger partial charge on any atom is 0.407 e. The molecule has 7 heteroatoms. The van der Waals surface area contributed by atoms with E-state index in [2.05, 4.69) is 10.3 Å². The molecule has 0 aliphatic heterocycles. The van der Waals surface area contributed by atoms with Crippen molar-refractivity contribution in [2.45, 2.75) is 18.8 Å². The number of nitrogens with one attached hydrogen (secondary N) is 1. The number of aromatic nitrogens is 1. The molecule has 2 atom stereocenters. The van der Waals surface area contributed by atoms with Gasteiger partial charge in [0, 0.05) is 17.8 Å². The molecule has 0 aliphatic rings. The summed E-state index contributed by atoms with van der Waals surface area (Å²) in [6, 6.07) is 11.5. The van der Waals surface area contributed by atoms with Crippen molar-refractivity contribution in [2.24, 2.45) is 0 Å². The second-order valence-electron chi connectivity index (χ2n) is 5.07. The molecular formula is C17H20N2O5. The molecule has 1 aromatic heterocycles. The van der Waals surface area contributed by atoms with Crippen LogP contribution in [0, 0.1) is 0 Å². The van der Waals surface area contributed by atoms with Crippen LogP contribution in [-0.2, 0) is 11.3 Å². The normalized spacial score (nSPS) is 13.0. The third-order valence-electron chi connectivity index (χ3n) is 3.40. The maximum atomic E-state index is 11.8. The Kier molecular flexibility index (Phi) is 6.53. The lowest BCUT2D eigenvalue weighted by Crippen LogP contribution is -2.42. The van der Waals surface area contributed by atoms with Crippen LogP contribution >= 0.6 is 0 Å². The highest BCUT2D eigenvalue weighted by Gasteiger charge is 2.23. The molecular weight excluding hydrogens is 312 g/mol. The summed E-state index contributed by atoms with van der Waals surface area (Å²) in [7, 11) is 1.49. The van der Waals surface area contributed by atoms with E-state index in [4.69, 9.17) is 9.47 Å². The van der Waals surface area contributed by atoms with Gasteiger partial charge in [-0.1, -0.05) is 30.3 Å². The number of nitrogens with zero attached hydrogens (tertiary/aromatic N) is 1. The molecule has 0 saturated heterocycles. The second kappa shape index (κ2) is 8.85. The Labute approximate surface area is 139 Å². The first-order chi connectivity index (χ1) is 11.6. The number of carbonyl (C=O) groups is 1. The smallest absolute Gasteiger partial charge is 0.407 e. The average molecular weight is 332 g/mol. The zero-order valence-corrected chi connectivity index (χ0v) is 13.3. The molecule has 0 unspecified atom stereocenters. The highest BCUT2D eigenvalue weighted by atomic mass is 16.5. The fraction of sp³-hybridized carbons (Fsp3) is 0.294. The monoisotopic (exact) mass is 332 g/mol. The molecule has 0 saturated carbocycles. The summed E-state index contributed by atoms with van der Waals surface area (Å²) in [5.41, 5.74) is 1.28. The lowest BCUT2D eigenvalue weighted by atomic mass is 10.1. The minimum atomic E-state index is -1.13. The van der Waals surface area contributed by atoms with E-state index in [1.807, 2.05) is 30.3 Å². The third kappa shape index (κ3) is 4.94. The van der Waals surface area contributed by atoms with Crippen molar-refractivity contribution in [3.05, 3.63) is 59.8 Å². The maximum absolute atomic E-state index is 11.8. The van der Waals surface area contributed by atoms with Gasteiger partial charge in [-0.25, -0.2) is 9.78 Å². The van der Waals surface area contributed by atoms with Crippen molar-refractivity contribution in [1.82, 2.24) is 10.3 Å². The van der Waals surface area contributed by atoms with E-state index in [0.29, 0.717) is 11.4 Å². The van der Waals surface area contributed by atoms with Gasteiger partial charge in [0.15, 0.2) is 0 Å². The van der Waals surface area contributed by atoms with Crippen molar-refractivity contribution in [3.8, 4) is 5.88 Å². The topological polar surface area (TPSA) is 101 Å². The summed E-state index contributed by atoms with van der Waals surface area (Å²) in [6.07, 6.45) is -0.431. The number of alkyl carbamates (subject to hydrolysis) is 1. The Morgan fingerprint density at radius 2 is 2.00 bits per heavy atom. The Balaban J connectivity index is 1.90. The zero-order valence-electron chi connectivity index (χ0n) is 13.3. The van der Waals surface area contributed by atoms with Crippen LogP contribution < -0.4 is 10.1 Å². The van der Waals surface area contributed by atoms with Gasteiger partial charge in [0.1, 0.15) is 12.7 Å². The number of carbonyl (C=O) groups excluding carboxylic acids is 1. The molecule has 2 aromatic rings. The number of pyridine rings is 1. The van der Waals surface area contributed by atoms with E-state index in [-0.39, 0.29) is 6.61 Å². The zero-order chi connectivity index (χ0) is 17.4. The van der Waals surface area contributed by atoms with Crippen LogP contribution in [0.15, 0.2) is 48.7 Å². The predicted octanol–water partition coefficient (Wildman–Crippen LogP) is 1.41. The third-order valence-corrected chi connectivity index (χ3v) is 3.40. The van der Waals surface area contributed by atoms with Crippen LogP contribution in [0.25, 0.3) is 0 Å². The van der Waals surface area contributed by atoms with Crippen LogP contribution in [-0.4, -0.2) is 41.0 Å². The highest BCUT2D eigenvalue weighted by Crippen LogP contribution is 2.18. The van der Waals surface area contributed by atoms with Crippen molar-refractivity contribution >= 4 is 6.09 Å². The van der Waals surface area contributed by atoms with E-state index in [1.165, 1.54) is 13.3 Å². The molecule has 24 heavy (non-hydrogen) atoms. The summed E-state index contributed by atoms with van der Waals surface area (Å²) in [4.78, 5) is 15.8. The van der Waals surface area contributed by atoms with Crippen molar-refractivity contribution in [2.75, 3.05) is 13.7 Å². The molecule has 1 heterocycles. The molecule has 7 nitrogen and oxygen atoms in total. The van der Waals surface area contributed by atoms with Crippen molar-refractivity contribution in [3.63, 3.8) is 0 Å². The van der Waals surface area contributed by atoms with Crippen LogP contribution in [0.4, 0.5) is 4.79 Å². The number of hydrogen-bond donors (Lipinski definition) is 3. The summed E-state index contributed by atoms with van der Waals surface area (Å²) in [5.74, 6) is 0.404. The molecule has 3 N–H and O–H groups in total. The van der Waals surface area contributed by atoms with Gasteiger partial charge < -0.3 is 25.0 Å². The van der Waals surface area contributed by atoms with Gasteiger partial charge >= 0.3 is 6.09 Å². The molecule has 0 aliphatic carbocycles. The van der Waals surface area contributed by atoms with E-state index in [0.717, 1.165) is 5.56 Å². The van der Waals surface area contributed by atoms with E-state index in [1.54, 1.807) is 12.1 Å². The molecule has 0 spiro atoms. The van der Waals surface area contributed by atoms with Gasteiger partial charge in [-0.05, 0) is 11.6 Å². The Bertz CT molecular complexity index is 633. The number of hydrogen-bond acceptors (Lipinski definition) is 6. The number of methoxy groups -OCH3 is 1. The number of aliphatic hydroxyl groups is 2. The van der Waals surface area contributed by atoms with Gasteiger partial charge in [-0.3, -0.25) is 0 Å². The second-order valence-corrected chi connectivity index (χ2v) is 5.07. The lowest BCUT2D eigenvalue weighted by molar-refractivity contribution is 0.0761. The lowest BCUT2D eigenvalue weighted by Gasteiger charge is -2.22. The fourth-order valence-electron chi connectivity index (χ4n) is 2.06. The summed E-state index contributed by atoms with van der Waals surface area (Å²) in [6.45, 7) is -0.349. The fourth-order valence-corrected chi connectivity index (χ4v) is 2.06. The predicted molar refractivity (Wildman–Crippen MR) is 86.4 cm³/mol. The average Bonchev–Trinajstić information content (AvgIpc) is 2.64. The number of rotatable bonds is 7. The highest BCUT2D eigenvalue weighted by molar-refractivity contribution is 5.67. The molecule has 0 radical (unpaired) electrons. The van der Waals surface area contributed by atoms with Crippen LogP contribution in [0.1, 0.15) is 17.2 Å². The van der Waals surface area contributed by atoms with Gasteiger partial charge in [0.2, 0.25) is 5.88 Å². The van der Waals surface area contributed by atoms with Gasteiger partial charge in [0.25, 0.3) is 0 Å². The van der Waals surface area contributed by atoms with Crippen LogP contribution in [0.5, 0.6) is 5.88 Å². The Morgan fingerprint density at radius 3 is 2.58 bits per heavy atom. The molecule has 1 amide bonds. The standard InChI is InChI=1S/C17H20N2O5/c1-23-15-8-7-13(9-18-15)16(21)14(10-20)19-17(22)24-11-12-5-3-2-4-6-12/h2-9,14,16,20-21H,10-11H2,1H3,(H,19,22)/t14-,16-/m1/s1. The van der Waals surface area contributed by atoms with Gasteiger partial charge in [-0.2, -0.15) is 0 Å². The first-order valence-corrected chi connectivity index (χ1v) is 7.40. The molecule has 0 bridgehead atoms. The summed E-state index contributed by atoms with van der Waals surface area (Å²) in [5, 5.41) is 22.1. The number of ether oxygens (including phenoxy) is 2. The van der Waals surface area contributed by atoms with Crippen LogP contribution in [0.2, 0.25) is 0 Å². The van der Waals surface area contributed by atoms with Gasteiger partial charge in [-0.15, -0.1) is 0 Å². The van der Waals surface area contributed by atoms with E-state index < -0.39 is 24.8 Å². The molecule has 128 valence electrons. The number of aliphatic hydroxyl groups excluding tert-OH is 2. The molecule has 1 aromatic carbocycles. The molecule has 2 rings (SSSR count). The number of benzene rings is 1. The summed E-state index contributed by atoms with van der Waals surface area (Å²) < 4.78 is 10.0. The minimum absolute atomic E-state index is 0.102. The van der Waals surface area contributed by atoms with E-state index >= 15 is 0 Å². The summed E-state index contributed by atoms with van der Waals surface area (Å²) >= 11 is 0. The Morgan fingerprint density at radius 1 is 1.25 bits per heavy atom. The quantitative estimate of drug-likeness (QED) is 0.709. The van der Waals surface area contributed by atoms with Crippen molar-refractivity contribution < 1.29 is 24.5 Å². The van der Waals surface area contributed by atoms with Crippen LogP contribution in [0.3, 0.4) is 0 Å². The van der Waals surface area contributed by atoms with Crippen molar-refractivity contribution in [1.29, 1.82) is 0 Å². The SMILES string of the molecule is COc1ccc([C@@H](O)[C@@H](CO)NC(=O)OCc2ccccc2)cn1. The Hall–Kier alpha value is -2.64. The number of amides is 1. The minimum Gasteiger partial charge on any atom is -0.481 e. The first-order valence-electron chi connectivity index (χ1n) is 7.40.